The average Bonchev–Trinajstić information content (AvgIpc) is 2.96. The molecule has 0 spiro atoms. The zero-order valence-corrected chi connectivity index (χ0v) is 22.6. The minimum atomic E-state index is -0.753. The number of hydrogen-bond donors (Lipinski definition) is 1. The van der Waals surface area contributed by atoms with E-state index < -0.39 is 12.2 Å². The van der Waals surface area contributed by atoms with Crippen LogP contribution in [0.15, 0.2) is 84.9 Å². The molecule has 3 aromatic rings. The predicted molar refractivity (Wildman–Crippen MR) is 152 cm³/mol. The Bertz CT molecular complexity index is 1390. The number of hydrazine groups is 1. The molecule has 0 radical (unpaired) electrons. The lowest BCUT2D eigenvalue weighted by atomic mass is 9.98. The van der Waals surface area contributed by atoms with Gasteiger partial charge in [-0.05, 0) is 23.6 Å². The van der Waals surface area contributed by atoms with Gasteiger partial charge in [-0.3, -0.25) is 9.59 Å². The van der Waals surface area contributed by atoms with Crippen LogP contribution in [0, 0.1) is 19.3 Å². The van der Waals surface area contributed by atoms with Crippen molar-refractivity contribution in [3.63, 3.8) is 0 Å². The minimum Gasteiger partial charge on any atom is -0.333 e. The molecule has 2 heterocycles. The van der Waals surface area contributed by atoms with Gasteiger partial charge in [0, 0.05) is 19.5 Å². The highest BCUT2D eigenvalue weighted by molar-refractivity contribution is 5.91. The van der Waals surface area contributed by atoms with Crippen molar-refractivity contribution in [3.8, 4) is 12.3 Å². The second-order valence-corrected chi connectivity index (χ2v) is 10.2. The van der Waals surface area contributed by atoms with Crippen molar-refractivity contribution in [2.75, 3.05) is 19.6 Å². The third-order valence-electron chi connectivity index (χ3n) is 7.36. The van der Waals surface area contributed by atoms with Gasteiger partial charge >= 0.3 is 6.03 Å². The lowest BCUT2D eigenvalue weighted by Gasteiger charge is -2.55. The van der Waals surface area contributed by atoms with E-state index in [0.29, 0.717) is 19.5 Å². The number of aryl methyl sites for hydroxylation is 1. The summed E-state index contributed by atoms with van der Waals surface area (Å²) in [5.41, 5.74) is 4.00. The molecule has 2 fully saturated rings. The molecule has 1 N–H and O–H groups in total. The van der Waals surface area contributed by atoms with Crippen LogP contribution in [-0.4, -0.2) is 69.5 Å². The van der Waals surface area contributed by atoms with E-state index in [1.165, 1.54) is 5.01 Å². The van der Waals surface area contributed by atoms with E-state index in [1.807, 2.05) is 91.9 Å². The molecule has 0 saturated carbocycles. The fraction of sp³-hybridized carbons (Fsp3) is 0.281. The van der Waals surface area contributed by atoms with Crippen molar-refractivity contribution in [1.82, 2.24) is 25.1 Å². The fourth-order valence-corrected chi connectivity index (χ4v) is 5.39. The van der Waals surface area contributed by atoms with Crippen LogP contribution < -0.4 is 5.32 Å². The largest absolute Gasteiger partial charge is 0.334 e. The number of fused-ring (bicyclic) bond motifs is 1. The second-order valence-electron chi connectivity index (χ2n) is 10.2. The summed E-state index contributed by atoms with van der Waals surface area (Å²) >= 11 is 0. The van der Waals surface area contributed by atoms with E-state index in [1.54, 1.807) is 14.8 Å². The first-order valence-electron chi connectivity index (χ1n) is 13.4. The van der Waals surface area contributed by atoms with E-state index in [4.69, 9.17) is 6.42 Å². The van der Waals surface area contributed by atoms with E-state index in [-0.39, 0.29) is 37.5 Å². The summed E-state index contributed by atoms with van der Waals surface area (Å²) in [6.07, 6.45) is 5.30. The van der Waals surface area contributed by atoms with Gasteiger partial charge in [0.1, 0.15) is 12.2 Å². The van der Waals surface area contributed by atoms with Crippen molar-refractivity contribution >= 4 is 17.8 Å². The monoisotopic (exact) mass is 535 g/mol. The highest BCUT2D eigenvalue weighted by Gasteiger charge is 2.51. The number of urea groups is 1. The Kier molecular flexibility index (Phi) is 8.13. The van der Waals surface area contributed by atoms with Crippen LogP contribution in [0.25, 0.3) is 0 Å². The molecule has 2 aliphatic rings. The number of amides is 4. The molecule has 2 saturated heterocycles. The molecule has 40 heavy (non-hydrogen) atoms. The number of terminal acetylenes is 1. The molecule has 3 aromatic carbocycles. The standard InChI is InChI=1S/C32H33N5O3/c1-3-18-35-23-30(38)36-28(19-25-10-6-4-7-11-25)31(39)34(21-27-16-14-24(2)15-17-27)22-29(36)37(35)32(40)33-20-26-12-8-5-9-13-26/h1,4-17,28-29H,18-23H2,2H3,(H,33,40)/t28-,29-/m0/s1. The van der Waals surface area contributed by atoms with Gasteiger partial charge in [-0.2, -0.15) is 5.01 Å². The third kappa shape index (κ3) is 5.85. The topological polar surface area (TPSA) is 76.2 Å². The first-order chi connectivity index (χ1) is 19.4. The van der Waals surface area contributed by atoms with Crippen molar-refractivity contribution < 1.29 is 14.4 Å². The normalized spacial score (nSPS) is 19.2. The SMILES string of the molecule is C#CCN1CC(=O)N2[C@@H](Cc3ccccc3)C(=O)N(Cc3ccc(C)cc3)C[C@@H]2N1C(=O)NCc1ccccc1. The molecule has 0 bridgehead atoms. The van der Waals surface area contributed by atoms with Gasteiger partial charge in [0.05, 0.1) is 19.6 Å². The summed E-state index contributed by atoms with van der Waals surface area (Å²) in [6.45, 7) is 2.88. The van der Waals surface area contributed by atoms with E-state index in [0.717, 1.165) is 22.3 Å². The van der Waals surface area contributed by atoms with Gasteiger partial charge in [-0.1, -0.05) is 96.4 Å². The van der Waals surface area contributed by atoms with Crippen LogP contribution in [0.1, 0.15) is 22.3 Å². The second kappa shape index (κ2) is 12.1. The van der Waals surface area contributed by atoms with Crippen molar-refractivity contribution in [1.29, 1.82) is 0 Å². The van der Waals surface area contributed by atoms with Gasteiger partial charge in [0.2, 0.25) is 11.8 Å². The molecule has 2 aliphatic heterocycles. The molecule has 2 atom stereocenters. The lowest BCUT2D eigenvalue weighted by molar-refractivity contribution is -0.189. The van der Waals surface area contributed by atoms with Gasteiger partial charge in [-0.25, -0.2) is 9.80 Å². The maximum atomic E-state index is 14.0. The lowest BCUT2D eigenvalue weighted by Crippen LogP contribution is -2.76. The molecule has 0 aliphatic carbocycles. The predicted octanol–water partition coefficient (Wildman–Crippen LogP) is 3.18. The maximum Gasteiger partial charge on any atom is 0.334 e. The Labute approximate surface area is 235 Å². The number of carbonyl (C=O) groups is 3. The summed E-state index contributed by atoms with van der Waals surface area (Å²) in [5, 5.41) is 6.13. The summed E-state index contributed by atoms with van der Waals surface area (Å²) in [5.74, 6) is 2.22. The van der Waals surface area contributed by atoms with E-state index in [2.05, 4.69) is 11.2 Å². The number of rotatable bonds is 7. The number of benzene rings is 3. The Hall–Kier alpha value is -4.61. The van der Waals surface area contributed by atoms with Crippen LogP contribution in [-0.2, 0) is 29.1 Å². The molecule has 8 nitrogen and oxygen atoms in total. The number of nitrogens with zero attached hydrogens (tertiary/aromatic N) is 4. The quantitative estimate of drug-likeness (QED) is 0.472. The molecule has 0 aromatic heterocycles. The van der Waals surface area contributed by atoms with Gasteiger partial charge < -0.3 is 15.1 Å². The molecular formula is C32H33N5O3. The first kappa shape index (κ1) is 27.0. The first-order valence-corrected chi connectivity index (χ1v) is 13.4. The number of nitrogens with one attached hydrogen (secondary N) is 1. The Morgan fingerprint density at radius 3 is 2.23 bits per heavy atom. The Morgan fingerprint density at radius 2 is 1.57 bits per heavy atom. The fourth-order valence-electron chi connectivity index (χ4n) is 5.39. The maximum absolute atomic E-state index is 14.0. The third-order valence-corrected chi connectivity index (χ3v) is 7.36. The zero-order chi connectivity index (χ0) is 28.1. The zero-order valence-electron chi connectivity index (χ0n) is 22.6. The summed E-state index contributed by atoms with van der Waals surface area (Å²) in [4.78, 5) is 44.6. The van der Waals surface area contributed by atoms with Crippen molar-refractivity contribution in [3.05, 3.63) is 107 Å². The molecular weight excluding hydrogens is 502 g/mol. The molecule has 8 heteroatoms. The molecule has 204 valence electrons. The number of piperazine rings is 1. The number of hydrogen-bond acceptors (Lipinski definition) is 4. The van der Waals surface area contributed by atoms with Gasteiger partial charge in [0.15, 0.2) is 0 Å². The van der Waals surface area contributed by atoms with Gasteiger partial charge in [-0.15, -0.1) is 6.42 Å². The number of carbonyl (C=O) groups excluding carboxylic acids is 3. The van der Waals surface area contributed by atoms with Crippen molar-refractivity contribution in [2.24, 2.45) is 0 Å². The van der Waals surface area contributed by atoms with Crippen LogP contribution >= 0.6 is 0 Å². The smallest absolute Gasteiger partial charge is 0.333 e. The van der Waals surface area contributed by atoms with Crippen LogP contribution in [0.4, 0.5) is 4.79 Å². The Balaban J connectivity index is 1.48. The van der Waals surface area contributed by atoms with Crippen LogP contribution in [0.3, 0.4) is 0 Å². The highest BCUT2D eigenvalue weighted by atomic mass is 16.2. The minimum absolute atomic E-state index is 0.0873. The molecule has 0 unspecified atom stereocenters. The van der Waals surface area contributed by atoms with E-state index in [9.17, 15) is 14.4 Å². The van der Waals surface area contributed by atoms with Crippen LogP contribution in [0.5, 0.6) is 0 Å². The molecule has 5 rings (SSSR count). The summed E-state index contributed by atoms with van der Waals surface area (Å²) in [6, 6.07) is 26.2. The van der Waals surface area contributed by atoms with Crippen molar-refractivity contribution in [2.45, 2.75) is 38.6 Å². The van der Waals surface area contributed by atoms with Crippen LogP contribution in [0.2, 0.25) is 0 Å². The van der Waals surface area contributed by atoms with E-state index >= 15 is 0 Å². The average molecular weight is 536 g/mol. The Morgan fingerprint density at radius 1 is 0.925 bits per heavy atom. The highest BCUT2D eigenvalue weighted by Crippen LogP contribution is 2.29. The van der Waals surface area contributed by atoms with Gasteiger partial charge in [0.25, 0.3) is 0 Å². The summed E-state index contributed by atoms with van der Waals surface area (Å²) < 4.78 is 0. The summed E-state index contributed by atoms with van der Waals surface area (Å²) in [7, 11) is 0. The molecule has 4 amide bonds.